The van der Waals surface area contributed by atoms with Crippen molar-refractivity contribution in [3.63, 3.8) is 0 Å². The van der Waals surface area contributed by atoms with Gasteiger partial charge in [0.2, 0.25) is 0 Å². The highest BCUT2D eigenvalue weighted by molar-refractivity contribution is 5.81. The van der Waals surface area contributed by atoms with E-state index in [1.165, 1.54) is 11.1 Å². The van der Waals surface area contributed by atoms with Crippen LogP contribution in [0.15, 0.2) is 24.3 Å². The number of benzene rings is 1. The van der Waals surface area contributed by atoms with Crippen molar-refractivity contribution < 1.29 is 9.90 Å². The molecule has 1 atom stereocenters. The quantitative estimate of drug-likeness (QED) is 0.929. The predicted molar refractivity (Wildman–Crippen MR) is 91.2 cm³/mol. The molecule has 1 aromatic rings. The van der Waals surface area contributed by atoms with Gasteiger partial charge in [-0.05, 0) is 50.5 Å². The number of rotatable bonds is 3. The van der Waals surface area contributed by atoms with Crippen LogP contribution >= 0.6 is 0 Å². The van der Waals surface area contributed by atoms with Crippen molar-refractivity contribution in [1.29, 1.82) is 0 Å². The van der Waals surface area contributed by atoms with Crippen molar-refractivity contribution >= 4 is 5.91 Å². The largest absolute Gasteiger partial charge is 0.383 e. The number of aliphatic hydroxyl groups is 1. The molecule has 0 aromatic heterocycles. The molecule has 1 spiro atoms. The van der Waals surface area contributed by atoms with Crippen LogP contribution in [0.25, 0.3) is 0 Å². The SMILES string of the molecule is CCCC(O)C(=O)N1Cc2ccccc2C2(CCN(C)CC2)C1. The monoisotopic (exact) mass is 316 g/mol. The van der Waals surface area contributed by atoms with E-state index in [1.54, 1.807) is 0 Å². The van der Waals surface area contributed by atoms with E-state index in [0.29, 0.717) is 13.0 Å². The van der Waals surface area contributed by atoms with Crippen LogP contribution < -0.4 is 0 Å². The number of aliphatic hydroxyl groups excluding tert-OH is 1. The Hall–Kier alpha value is -1.39. The number of amides is 1. The minimum absolute atomic E-state index is 0.0585. The van der Waals surface area contributed by atoms with E-state index in [2.05, 4.69) is 36.2 Å². The molecule has 2 aliphatic heterocycles. The average molecular weight is 316 g/mol. The van der Waals surface area contributed by atoms with Crippen molar-refractivity contribution in [2.45, 2.75) is 50.7 Å². The number of hydrogen-bond acceptors (Lipinski definition) is 3. The van der Waals surface area contributed by atoms with E-state index >= 15 is 0 Å². The summed E-state index contributed by atoms with van der Waals surface area (Å²) in [5.74, 6) is -0.0975. The average Bonchev–Trinajstić information content (AvgIpc) is 2.57. The van der Waals surface area contributed by atoms with Gasteiger partial charge in [-0.15, -0.1) is 0 Å². The number of hydrogen-bond donors (Lipinski definition) is 1. The lowest BCUT2D eigenvalue weighted by Crippen LogP contribution is -2.54. The van der Waals surface area contributed by atoms with Crippen molar-refractivity contribution in [3.05, 3.63) is 35.4 Å². The molecule has 1 unspecified atom stereocenters. The molecule has 0 aliphatic carbocycles. The second-order valence-electron chi connectivity index (χ2n) is 7.24. The van der Waals surface area contributed by atoms with Gasteiger partial charge in [0.05, 0.1) is 0 Å². The summed E-state index contributed by atoms with van der Waals surface area (Å²) in [6.07, 6.45) is 2.68. The van der Waals surface area contributed by atoms with Gasteiger partial charge in [0.15, 0.2) is 0 Å². The second kappa shape index (κ2) is 6.62. The van der Waals surface area contributed by atoms with Crippen LogP contribution in [0.4, 0.5) is 0 Å². The topological polar surface area (TPSA) is 43.8 Å². The molecule has 4 nitrogen and oxygen atoms in total. The smallest absolute Gasteiger partial charge is 0.251 e. The van der Waals surface area contributed by atoms with Gasteiger partial charge < -0.3 is 14.9 Å². The Bertz CT molecular complexity index is 564. The first-order valence-electron chi connectivity index (χ1n) is 8.79. The number of fused-ring (bicyclic) bond motifs is 2. The number of carbonyl (C=O) groups is 1. The fourth-order valence-corrected chi connectivity index (χ4v) is 4.13. The molecule has 4 heteroatoms. The van der Waals surface area contributed by atoms with Gasteiger partial charge in [0.25, 0.3) is 5.91 Å². The first-order chi connectivity index (χ1) is 11.1. The fourth-order valence-electron chi connectivity index (χ4n) is 4.13. The summed E-state index contributed by atoms with van der Waals surface area (Å²) in [7, 11) is 2.16. The molecular formula is C19H28N2O2. The lowest BCUT2D eigenvalue weighted by Gasteiger charge is -2.48. The molecule has 23 heavy (non-hydrogen) atoms. The Morgan fingerprint density at radius 1 is 1.30 bits per heavy atom. The van der Waals surface area contributed by atoms with Crippen molar-refractivity contribution in [1.82, 2.24) is 9.80 Å². The summed E-state index contributed by atoms with van der Waals surface area (Å²) in [5, 5.41) is 10.1. The van der Waals surface area contributed by atoms with Crippen LogP contribution in [0.5, 0.6) is 0 Å². The third kappa shape index (κ3) is 3.15. The molecule has 1 aromatic carbocycles. The van der Waals surface area contributed by atoms with Gasteiger partial charge in [-0.2, -0.15) is 0 Å². The molecule has 0 radical (unpaired) electrons. The molecule has 1 saturated heterocycles. The number of likely N-dealkylation sites (tertiary alicyclic amines) is 1. The third-order valence-corrected chi connectivity index (χ3v) is 5.55. The highest BCUT2D eigenvalue weighted by Gasteiger charge is 2.43. The Balaban J connectivity index is 1.89. The van der Waals surface area contributed by atoms with Gasteiger partial charge in [-0.3, -0.25) is 4.79 Å². The van der Waals surface area contributed by atoms with Crippen molar-refractivity contribution in [2.24, 2.45) is 0 Å². The standard InChI is InChI=1S/C19H28N2O2/c1-3-6-17(22)18(23)21-13-15-7-4-5-8-16(15)19(14-21)9-11-20(2)12-10-19/h4-5,7-8,17,22H,3,6,9-14H2,1-2H3. The van der Waals surface area contributed by atoms with E-state index in [4.69, 9.17) is 0 Å². The number of piperidine rings is 1. The molecule has 2 heterocycles. The fraction of sp³-hybridized carbons (Fsp3) is 0.632. The lowest BCUT2D eigenvalue weighted by molar-refractivity contribution is -0.143. The molecule has 0 bridgehead atoms. The zero-order chi connectivity index (χ0) is 16.4. The highest BCUT2D eigenvalue weighted by atomic mass is 16.3. The number of nitrogens with zero attached hydrogens (tertiary/aromatic N) is 2. The van der Waals surface area contributed by atoms with E-state index in [-0.39, 0.29) is 11.3 Å². The molecule has 1 fully saturated rings. The van der Waals surface area contributed by atoms with Crippen LogP contribution in [0, 0.1) is 0 Å². The second-order valence-corrected chi connectivity index (χ2v) is 7.24. The summed E-state index contributed by atoms with van der Waals surface area (Å²) in [6.45, 7) is 5.51. The van der Waals surface area contributed by atoms with Crippen LogP contribution in [-0.4, -0.2) is 53.6 Å². The van der Waals surface area contributed by atoms with Crippen molar-refractivity contribution in [3.8, 4) is 0 Å². The summed E-state index contributed by atoms with van der Waals surface area (Å²) >= 11 is 0. The zero-order valence-corrected chi connectivity index (χ0v) is 14.3. The summed E-state index contributed by atoms with van der Waals surface area (Å²) in [5.41, 5.74) is 2.73. The first-order valence-corrected chi connectivity index (χ1v) is 8.79. The van der Waals surface area contributed by atoms with Gasteiger partial charge in [-0.1, -0.05) is 37.6 Å². The van der Waals surface area contributed by atoms with E-state index in [0.717, 1.165) is 38.9 Å². The summed E-state index contributed by atoms with van der Waals surface area (Å²) in [6, 6.07) is 8.55. The Morgan fingerprint density at radius 2 is 2.00 bits per heavy atom. The van der Waals surface area contributed by atoms with Crippen LogP contribution in [-0.2, 0) is 16.8 Å². The maximum absolute atomic E-state index is 12.7. The maximum atomic E-state index is 12.7. The molecule has 126 valence electrons. The van der Waals surface area contributed by atoms with Gasteiger partial charge in [0.1, 0.15) is 6.10 Å². The van der Waals surface area contributed by atoms with E-state index in [9.17, 15) is 9.90 Å². The third-order valence-electron chi connectivity index (χ3n) is 5.55. The van der Waals surface area contributed by atoms with E-state index in [1.807, 2.05) is 11.8 Å². The molecular weight excluding hydrogens is 288 g/mol. The molecule has 1 amide bonds. The lowest BCUT2D eigenvalue weighted by atomic mass is 9.69. The maximum Gasteiger partial charge on any atom is 0.251 e. The van der Waals surface area contributed by atoms with Crippen LogP contribution in [0.3, 0.4) is 0 Å². The minimum Gasteiger partial charge on any atom is -0.383 e. The number of carbonyl (C=O) groups excluding carboxylic acids is 1. The van der Waals surface area contributed by atoms with Gasteiger partial charge in [0, 0.05) is 18.5 Å². The summed E-state index contributed by atoms with van der Waals surface area (Å²) < 4.78 is 0. The van der Waals surface area contributed by atoms with Crippen LogP contribution in [0.1, 0.15) is 43.7 Å². The Morgan fingerprint density at radius 3 is 2.70 bits per heavy atom. The molecule has 2 aliphatic rings. The Kier molecular flexibility index (Phi) is 4.74. The van der Waals surface area contributed by atoms with Gasteiger partial charge >= 0.3 is 0 Å². The zero-order valence-electron chi connectivity index (χ0n) is 14.3. The van der Waals surface area contributed by atoms with Crippen LogP contribution in [0.2, 0.25) is 0 Å². The summed E-state index contributed by atoms with van der Waals surface area (Å²) in [4.78, 5) is 16.9. The first kappa shape index (κ1) is 16.5. The Labute approximate surface area is 139 Å². The molecule has 1 N–H and O–H groups in total. The highest BCUT2D eigenvalue weighted by Crippen LogP contribution is 2.41. The molecule has 3 rings (SSSR count). The van der Waals surface area contributed by atoms with E-state index < -0.39 is 6.10 Å². The van der Waals surface area contributed by atoms with Gasteiger partial charge in [-0.25, -0.2) is 0 Å². The minimum atomic E-state index is -0.853. The molecule has 0 saturated carbocycles. The predicted octanol–water partition coefficient (Wildman–Crippen LogP) is 2.15. The normalized spacial score (nSPS) is 22.0. The van der Waals surface area contributed by atoms with Crippen molar-refractivity contribution in [2.75, 3.05) is 26.7 Å².